The Hall–Kier alpha value is -5.33. The van der Waals surface area contributed by atoms with E-state index < -0.39 is 38.1 Å². The second-order valence-corrected chi connectivity index (χ2v) is 20.1. The van der Waals surface area contributed by atoms with Crippen LogP contribution in [0.2, 0.25) is 18.1 Å². The Bertz CT molecular complexity index is 2060. The van der Waals surface area contributed by atoms with Crippen molar-refractivity contribution in [3.05, 3.63) is 107 Å². The third-order valence-corrected chi connectivity index (χ3v) is 14.6. The van der Waals surface area contributed by atoms with Crippen LogP contribution in [0.3, 0.4) is 0 Å². The number of methoxy groups -OCH3 is 3. The first kappa shape index (κ1) is 43.4. The van der Waals surface area contributed by atoms with Gasteiger partial charge in [-0.3, -0.25) is 14.4 Å². The van der Waals surface area contributed by atoms with Gasteiger partial charge in [0.15, 0.2) is 14.1 Å². The minimum absolute atomic E-state index is 0.0618. The van der Waals surface area contributed by atoms with Crippen molar-refractivity contribution >= 4 is 38.0 Å². The minimum atomic E-state index is -2.38. The molecule has 1 amide bonds. The number of ether oxygens (including phenoxy) is 3. The fraction of sp³-hybridized carbons (Fsp3) is 0.364. The molecular weight excluding hydrogens is 732 g/mol. The van der Waals surface area contributed by atoms with Crippen molar-refractivity contribution in [3.8, 4) is 28.0 Å². The molecule has 12 heteroatoms. The molecule has 4 rings (SSSR count). The van der Waals surface area contributed by atoms with Gasteiger partial charge in [0.2, 0.25) is 0 Å². The molecule has 0 unspecified atom stereocenters. The largest absolute Gasteiger partial charge is 0.496 e. The van der Waals surface area contributed by atoms with E-state index in [4.69, 9.17) is 18.6 Å². The van der Waals surface area contributed by atoms with Crippen LogP contribution >= 0.6 is 0 Å². The van der Waals surface area contributed by atoms with Gasteiger partial charge in [0.05, 0.1) is 45.1 Å². The Kier molecular flexibility index (Phi) is 14.4. The summed E-state index contributed by atoms with van der Waals surface area (Å²) < 4.78 is 38.1. The topological polar surface area (TPSA) is 122 Å². The molecule has 1 heterocycles. The number of benzene rings is 3. The summed E-state index contributed by atoms with van der Waals surface area (Å²) in [4.78, 5) is 53.0. The second-order valence-electron chi connectivity index (χ2n) is 15.3. The molecule has 1 aromatic heterocycles. The maximum Gasteiger partial charge on any atom is 0.337 e. The van der Waals surface area contributed by atoms with Gasteiger partial charge >= 0.3 is 11.9 Å². The van der Waals surface area contributed by atoms with Gasteiger partial charge in [-0.15, -0.1) is 0 Å². The molecule has 10 nitrogen and oxygen atoms in total. The van der Waals surface area contributed by atoms with E-state index in [9.17, 15) is 23.6 Å². The number of amides is 1. The zero-order valence-electron chi connectivity index (χ0n) is 34.0. The summed E-state index contributed by atoms with van der Waals surface area (Å²) in [5.74, 6) is -1.71. The van der Waals surface area contributed by atoms with Gasteiger partial charge < -0.3 is 28.5 Å². The lowest BCUT2D eigenvalue weighted by molar-refractivity contribution is -0.142. The maximum atomic E-state index is 14.6. The van der Waals surface area contributed by atoms with Gasteiger partial charge in [0.1, 0.15) is 17.3 Å². The minimum Gasteiger partial charge on any atom is -0.496 e. The lowest BCUT2D eigenvalue weighted by atomic mass is 9.94. The SMILES string of the molecule is COC(=O)C[C@@H](CC(=O)C=Cc1c(-c2ccc(F)cc2)c(-c2ccccc2)c(C(=O)NCc2ccc(C(=O)OC)cc2OC)n1C(C)C)O[Si](C)(C)C(C)(C)C. The molecule has 0 spiro atoms. The van der Waals surface area contributed by atoms with Gasteiger partial charge in [-0.2, -0.15) is 0 Å². The van der Waals surface area contributed by atoms with E-state index in [1.165, 1.54) is 39.5 Å². The summed E-state index contributed by atoms with van der Waals surface area (Å²) in [5, 5.41) is 2.88. The normalized spacial score (nSPS) is 12.4. The Morgan fingerprint density at radius 2 is 1.50 bits per heavy atom. The Labute approximate surface area is 330 Å². The highest BCUT2D eigenvalue weighted by Gasteiger charge is 2.40. The number of carbonyl (C=O) groups excluding carboxylic acids is 4. The van der Waals surface area contributed by atoms with E-state index in [0.717, 1.165) is 5.56 Å². The van der Waals surface area contributed by atoms with E-state index in [-0.39, 0.29) is 36.2 Å². The number of esters is 2. The number of carbonyl (C=O) groups is 4. The van der Waals surface area contributed by atoms with Crippen LogP contribution in [0.25, 0.3) is 28.3 Å². The summed E-state index contributed by atoms with van der Waals surface area (Å²) in [6.07, 6.45) is 2.28. The number of nitrogens with zero attached hydrogens (tertiary/aromatic N) is 1. The number of nitrogens with one attached hydrogen (secondary N) is 1. The van der Waals surface area contributed by atoms with Gasteiger partial charge in [-0.1, -0.05) is 69.3 Å². The van der Waals surface area contributed by atoms with Crippen LogP contribution in [-0.4, -0.2) is 63.9 Å². The molecule has 3 aromatic carbocycles. The fourth-order valence-electron chi connectivity index (χ4n) is 6.20. The number of hydrogen-bond acceptors (Lipinski definition) is 8. The molecular formula is C44H53FN2O8Si. The highest BCUT2D eigenvalue weighted by Crippen LogP contribution is 2.43. The zero-order valence-corrected chi connectivity index (χ0v) is 35.0. The van der Waals surface area contributed by atoms with Gasteiger partial charge in [0, 0.05) is 35.7 Å². The molecule has 0 aliphatic carbocycles. The Morgan fingerprint density at radius 3 is 2.07 bits per heavy atom. The van der Waals surface area contributed by atoms with E-state index in [1.54, 1.807) is 36.4 Å². The quantitative estimate of drug-likeness (QED) is 0.0678. The van der Waals surface area contributed by atoms with Crippen molar-refractivity contribution in [2.75, 3.05) is 21.3 Å². The van der Waals surface area contributed by atoms with Crippen LogP contribution in [0, 0.1) is 5.82 Å². The first-order chi connectivity index (χ1) is 26.4. The summed E-state index contributed by atoms with van der Waals surface area (Å²) >= 11 is 0. The predicted molar refractivity (Wildman–Crippen MR) is 219 cm³/mol. The molecule has 0 aliphatic rings. The molecule has 1 atom stereocenters. The van der Waals surface area contributed by atoms with Crippen molar-refractivity contribution in [2.45, 2.75) is 84.3 Å². The van der Waals surface area contributed by atoms with Crippen molar-refractivity contribution in [3.63, 3.8) is 0 Å². The zero-order chi connectivity index (χ0) is 41.4. The van der Waals surface area contributed by atoms with E-state index >= 15 is 0 Å². The number of rotatable bonds is 16. The van der Waals surface area contributed by atoms with Crippen molar-refractivity contribution in [1.82, 2.24) is 9.88 Å². The number of aromatic nitrogens is 1. The van der Waals surface area contributed by atoms with Gasteiger partial charge in [0.25, 0.3) is 5.91 Å². The van der Waals surface area contributed by atoms with Crippen LogP contribution in [0.5, 0.6) is 5.75 Å². The summed E-state index contributed by atoms with van der Waals surface area (Å²) in [5.41, 5.74) is 4.40. The molecule has 1 N–H and O–H groups in total. The summed E-state index contributed by atoms with van der Waals surface area (Å²) in [6, 6.07) is 20.0. The van der Waals surface area contributed by atoms with Gasteiger partial charge in [-0.05, 0) is 79.5 Å². The van der Waals surface area contributed by atoms with Crippen LogP contribution in [0.1, 0.15) is 85.6 Å². The molecule has 0 radical (unpaired) electrons. The third-order valence-electron chi connectivity index (χ3n) is 10.1. The molecule has 0 saturated carbocycles. The fourth-order valence-corrected chi connectivity index (χ4v) is 7.56. The van der Waals surface area contributed by atoms with Crippen LogP contribution < -0.4 is 10.1 Å². The molecule has 298 valence electrons. The monoisotopic (exact) mass is 784 g/mol. The van der Waals surface area contributed by atoms with Crippen LogP contribution in [0.15, 0.2) is 78.9 Å². The lowest BCUT2D eigenvalue weighted by Gasteiger charge is -2.39. The Balaban J connectivity index is 1.87. The summed E-state index contributed by atoms with van der Waals surface area (Å²) in [7, 11) is 1.70. The number of ketones is 1. The average Bonchev–Trinajstić information content (AvgIpc) is 3.51. The highest BCUT2D eigenvalue weighted by molar-refractivity contribution is 6.74. The van der Waals surface area contributed by atoms with E-state index in [0.29, 0.717) is 45.0 Å². The first-order valence-corrected chi connectivity index (χ1v) is 21.4. The molecule has 0 bridgehead atoms. The standard InChI is InChI=1S/C44H53FN2O8Si/c1-28(2)47-36(23-22-34(48)25-35(26-38(49)53-7)55-56(9,10)44(3,4)5)39(30-18-20-33(45)21-19-30)40(29-14-12-11-13-15-29)41(47)42(50)46-27-32-17-16-31(43(51)54-8)24-37(32)52-6/h11-24,28,35H,25-27H2,1-10H3,(H,46,50)/t35-/m1/s1. The van der Waals surface area contributed by atoms with Gasteiger partial charge in [-0.25, -0.2) is 9.18 Å². The van der Waals surface area contributed by atoms with Crippen molar-refractivity contribution in [2.24, 2.45) is 0 Å². The molecule has 56 heavy (non-hydrogen) atoms. The van der Waals surface area contributed by atoms with E-state index in [2.05, 4.69) is 39.2 Å². The van der Waals surface area contributed by atoms with Crippen molar-refractivity contribution < 1.29 is 42.2 Å². The molecule has 0 aliphatic heterocycles. The number of allylic oxidation sites excluding steroid dienone is 1. The molecule has 0 fully saturated rings. The maximum absolute atomic E-state index is 14.6. The van der Waals surface area contributed by atoms with Crippen LogP contribution in [-0.2, 0) is 30.0 Å². The number of halogens is 1. The highest BCUT2D eigenvalue weighted by atomic mass is 28.4. The number of hydrogen-bond donors (Lipinski definition) is 1. The van der Waals surface area contributed by atoms with Crippen molar-refractivity contribution in [1.29, 1.82) is 0 Å². The Morgan fingerprint density at radius 1 is 0.857 bits per heavy atom. The molecule has 4 aromatic rings. The second kappa shape index (κ2) is 18.5. The summed E-state index contributed by atoms with van der Waals surface area (Å²) in [6.45, 7) is 14.3. The average molecular weight is 785 g/mol. The lowest BCUT2D eigenvalue weighted by Crippen LogP contribution is -2.44. The third kappa shape index (κ3) is 10.3. The van der Waals surface area contributed by atoms with E-state index in [1.807, 2.05) is 48.7 Å². The first-order valence-electron chi connectivity index (χ1n) is 18.5. The predicted octanol–water partition coefficient (Wildman–Crippen LogP) is 9.19. The molecule has 0 saturated heterocycles. The van der Waals surface area contributed by atoms with Crippen LogP contribution in [0.4, 0.5) is 4.39 Å². The smallest absolute Gasteiger partial charge is 0.337 e.